The summed E-state index contributed by atoms with van der Waals surface area (Å²) in [5.74, 6) is -0.685. The number of hydrogen-bond acceptors (Lipinski definition) is 15. The lowest BCUT2D eigenvalue weighted by Gasteiger charge is -2.21. The highest BCUT2D eigenvalue weighted by atomic mass is 31.2. The Hall–Kier alpha value is -1.94. The van der Waals surface area contributed by atoms with E-state index in [1.54, 1.807) is 0 Å². The maximum Gasteiger partial charge on any atom is 0.472 e. The number of hydrogen-bond donors (Lipinski definition) is 3. The van der Waals surface area contributed by atoms with Crippen LogP contribution in [0.2, 0.25) is 0 Å². The summed E-state index contributed by atoms with van der Waals surface area (Å²) in [6, 6.07) is 0. The van der Waals surface area contributed by atoms with Crippen LogP contribution in [0.5, 0.6) is 0 Å². The molecule has 6 atom stereocenters. The third-order valence-electron chi connectivity index (χ3n) is 16.8. The second-order valence-electron chi connectivity index (χ2n) is 26.3. The van der Waals surface area contributed by atoms with Crippen LogP contribution in [0.25, 0.3) is 0 Å². The number of aliphatic hydroxyl groups is 1. The van der Waals surface area contributed by atoms with Crippen LogP contribution in [-0.2, 0) is 65.4 Å². The summed E-state index contributed by atoms with van der Waals surface area (Å²) >= 11 is 0. The fourth-order valence-electron chi connectivity index (χ4n) is 10.7. The summed E-state index contributed by atoms with van der Waals surface area (Å²) in [6.45, 7) is 9.43. The highest BCUT2D eigenvalue weighted by Gasteiger charge is 2.30. The van der Waals surface area contributed by atoms with E-state index in [0.29, 0.717) is 31.6 Å². The van der Waals surface area contributed by atoms with Gasteiger partial charge in [0.2, 0.25) is 0 Å². The van der Waals surface area contributed by atoms with Gasteiger partial charge in [-0.3, -0.25) is 37.3 Å². The second kappa shape index (κ2) is 63.1. The Morgan fingerprint density at radius 3 is 0.844 bits per heavy atom. The molecule has 0 aliphatic heterocycles. The maximum atomic E-state index is 13.0. The van der Waals surface area contributed by atoms with E-state index >= 15 is 0 Å². The number of phosphoric ester groups is 2. The highest BCUT2D eigenvalue weighted by molar-refractivity contribution is 7.47. The second-order valence-corrected chi connectivity index (χ2v) is 29.3. The van der Waals surface area contributed by atoms with E-state index in [1.165, 1.54) is 173 Å². The summed E-state index contributed by atoms with van der Waals surface area (Å²) in [5, 5.41) is 10.6. The molecule has 3 N–H and O–H groups in total. The number of carbonyl (C=O) groups excluding carboxylic acids is 4. The molecule has 0 saturated carbocycles. The Balaban J connectivity index is 5.15. The van der Waals surface area contributed by atoms with Gasteiger partial charge in [0.15, 0.2) is 12.2 Å². The van der Waals surface area contributed by atoms with Crippen LogP contribution in [0.3, 0.4) is 0 Å². The van der Waals surface area contributed by atoms with Crippen molar-refractivity contribution in [3.63, 3.8) is 0 Å². The number of phosphoric acid groups is 2. The van der Waals surface area contributed by atoms with Crippen LogP contribution in [0.1, 0.15) is 363 Å². The van der Waals surface area contributed by atoms with Gasteiger partial charge in [-0.1, -0.05) is 311 Å². The minimum Gasteiger partial charge on any atom is -0.462 e. The first kappa shape index (κ1) is 88.1. The minimum absolute atomic E-state index is 0.102. The standard InChI is InChI=1S/C71H138O17P2/c1-7-10-12-14-16-18-19-20-21-22-23-24-25-26-27-28-29-30-36-43-49-55-70(75)87-66(59-82-69(74)54-48-42-35-32-31-33-40-46-52-64(6)9-3)61-85-89(77,78)83-57-65(72)58-84-90(79,80)86-62-67(60-81-68(73)53-47-41-34-17-15-13-11-8-2)88-71(76)56-50-44-38-37-39-45-51-63(4)5/h63-67,72H,7-62H2,1-6H3,(H,77,78)(H,79,80)/t64?,65-,66-,67-/m1/s1. The van der Waals surface area contributed by atoms with Crippen LogP contribution in [0, 0.1) is 11.8 Å². The first-order chi connectivity index (χ1) is 43.4. The predicted molar refractivity (Wildman–Crippen MR) is 363 cm³/mol. The maximum absolute atomic E-state index is 13.0. The fourth-order valence-corrected chi connectivity index (χ4v) is 12.3. The molecule has 0 aromatic rings. The van der Waals surface area contributed by atoms with E-state index in [2.05, 4.69) is 41.5 Å². The first-order valence-corrected chi connectivity index (χ1v) is 40.0. The molecule has 19 heteroatoms. The lowest BCUT2D eigenvalue weighted by Crippen LogP contribution is -2.30. The van der Waals surface area contributed by atoms with Crippen molar-refractivity contribution in [2.24, 2.45) is 11.8 Å². The molecule has 0 spiro atoms. The normalized spacial score (nSPS) is 14.4. The van der Waals surface area contributed by atoms with Crippen molar-refractivity contribution in [3.8, 4) is 0 Å². The molecule has 0 amide bonds. The minimum atomic E-state index is -4.95. The molecule has 0 radical (unpaired) electrons. The third kappa shape index (κ3) is 63.5. The average Bonchev–Trinajstić information content (AvgIpc) is 3.72. The van der Waals surface area contributed by atoms with Crippen LogP contribution in [0.15, 0.2) is 0 Å². The van der Waals surface area contributed by atoms with Gasteiger partial charge in [-0.2, -0.15) is 0 Å². The molecule has 90 heavy (non-hydrogen) atoms. The number of aliphatic hydroxyl groups excluding tert-OH is 1. The molecular weight excluding hydrogens is 1190 g/mol. The smallest absolute Gasteiger partial charge is 0.462 e. The molecule has 0 aliphatic carbocycles. The van der Waals surface area contributed by atoms with E-state index in [-0.39, 0.29) is 25.7 Å². The zero-order chi connectivity index (χ0) is 66.5. The summed E-state index contributed by atoms with van der Waals surface area (Å²) in [6.07, 6.45) is 49.0. The number of rotatable bonds is 70. The Morgan fingerprint density at radius 2 is 0.567 bits per heavy atom. The average molecular weight is 1330 g/mol. The van der Waals surface area contributed by atoms with E-state index in [0.717, 1.165) is 102 Å². The molecule has 0 aromatic carbocycles. The SMILES string of the molecule is CCCCCCCCCCCCCCCCCCCCCCCC(=O)O[C@H](COC(=O)CCCCCCCCCCC(C)CC)COP(=O)(O)OC[C@@H](O)COP(=O)(O)OC[C@@H](COC(=O)CCCCCCCCCC)OC(=O)CCCCCCCCC(C)C. The van der Waals surface area contributed by atoms with Gasteiger partial charge in [0.25, 0.3) is 0 Å². The number of unbranched alkanes of at least 4 members (excludes halogenated alkanes) is 39. The van der Waals surface area contributed by atoms with Crippen molar-refractivity contribution < 1.29 is 80.2 Å². The molecule has 0 saturated heterocycles. The van der Waals surface area contributed by atoms with Crippen LogP contribution < -0.4 is 0 Å². The summed E-state index contributed by atoms with van der Waals surface area (Å²) in [5.41, 5.74) is 0. The zero-order valence-corrected chi connectivity index (χ0v) is 60.2. The van der Waals surface area contributed by atoms with Crippen molar-refractivity contribution in [2.45, 2.75) is 381 Å². The van der Waals surface area contributed by atoms with Crippen LogP contribution >= 0.6 is 15.6 Å². The number of ether oxygens (including phenoxy) is 4. The largest absolute Gasteiger partial charge is 0.472 e. The van der Waals surface area contributed by atoms with Gasteiger partial charge in [0.05, 0.1) is 26.4 Å². The molecule has 0 fully saturated rings. The van der Waals surface area contributed by atoms with Crippen molar-refractivity contribution in [1.82, 2.24) is 0 Å². The molecule has 534 valence electrons. The van der Waals surface area contributed by atoms with Gasteiger partial charge in [0.1, 0.15) is 19.3 Å². The lowest BCUT2D eigenvalue weighted by atomic mass is 9.99. The molecule has 3 unspecified atom stereocenters. The van der Waals surface area contributed by atoms with E-state index in [4.69, 9.17) is 37.0 Å². The van der Waals surface area contributed by atoms with E-state index in [1.807, 2.05) is 0 Å². The zero-order valence-electron chi connectivity index (χ0n) is 58.4. The molecule has 0 heterocycles. The van der Waals surface area contributed by atoms with Gasteiger partial charge < -0.3 is 33.8 Å². The number of carbonyl (C=O) groups is 4. The van der Waals surface area contributed by atoms with Crippen molar-refractivity contribution >= 4 is 39.5 Å². The van der Waals surface area contributed by atoms with Crippen LogP contribution in [0.4, 0.5) is 0 Å². The fraction of sp³-hybridized carbons (Fsp3) is 0.944. The molecule has 17 nitrogen and oxygen atoms in total. The first-order valence-electron chi connectivity index (χ1n) is 37.0. The van der Waals surface area contributed by atoms with Gasteiger partial charge in [-0.05, 0) is 37.5 Å². The molecule has 0 aromatic heterocycles. The summed E-state index contributed by atoms with van der Waals surface area (Å²) < 4.78 is 68.2. The van der Waals surface area contributed by atoms with E-state index in [9.17, 15) is 43.2 Å². The molecule has 0 rings (SSSR count). The van der Waals surface area contributed by atoms with Gasteiger partial charge >= 0.3 is 39.5 Å². The van der Waals surface area contributed by atoms with Gasteiger partial charge in [0, 0.05) is 25.7 Å². The quantitative estimate of drug-likeness (QED) is 0.0222. The van der Waals surface area contributed by atoms with Gasteiger partial charge in [-0.25, -0.2) is 9.13 Å². The number of esters is 4. The Kier molecular flexibility index (Phi) is 61.8. The Morgan fingerprint density at radius 1 is 0.322 bits per heavy atom. The Bertz CT molecular complexity index is 1750. The predicted octanol–water partition coefficient (Wildman–Crippen LogP) is 20.4. The molecular formula is C71H138O17P2. The van der Waals surface area contributed by atoms with Crippen molar-refractivity contribution in [1.29, 1.82) is 0 Å². The molecule has 0 bridgehead atoms. The highest BCUT2D eigenvalue weighted by Crippen LogP contribution is 2.45. The van der Waals surface area contributed by atoms with E-state index < -0.39 is 97.5 Å². The summed E-state index contributed by atoms with van der Waals surface area (Å²) in [7, 11) is -9.90. The Labute approximate surface area is 549 Å². The monoisotopic (exact) mass is 1320 g/mol. The van der Waals surface area contributed by atoms with Crippen molar-refractivity contribution in [2.75, 3.05) is 39.6 Å². The molecule has 0 aliphatic rings. The topological polar surface area (TPSA) is 237 Å². The lowest BCUT2D eigenvalue weighted by molar-refractivity contribution is -0.161. The third-order valence-corrected chi connectivity index (χ3v) is 18.7. The summed E-state index contributed by atoms with van der Waals surface area (Å²) in [4.78, 5) is 72.4. The van der Waals surface area contributed by atoms with Gasteiger partial charge in [-0.15, -0.1) is 0 Å². The van der Waals surface area contributed by atoms with Crippen LogP contribution in [-0.4, -0.2) is 96.7 Å². The van der Waals surface area contributed by atoms with Crippen molar-refractivity contribution in [3.05, 3.63) is 0 Å².